The van der Waals surface area contributed by atoms with Gasteiger partial charge in [0.15, 0.2) is 0 Å². The summed E-state index contributed by atoms with van der Waals surface area (Å²) in [6.45, 7) is 4.53. The Labute approximate surface area is 206 Å². The Morgan fingerprint density at radius 1 is 0.667 bits per heavy atom. The van der Waals surface area contributed by atoms with E-state index < -0.39 is 7.12 Å². The van der Waals surface area contributed by atoms with Crippen LogP contribution in [0.15, 0.2) is 36.4 Å². The van der Waals surface area contributed by atoms with Crippen LogP contribution in [0, 0.1) is 0 Å². The number of hydrogen-bond donors (Lipinski definition) is 2. The lowest BCUT2D eigenvalue weighted by Crippen LogP contribution is -2.32. The molecule has 0 unspecified atom stereocenters. The molecule has 2 aromatic carbocycles. The standard InChI is InChI=1S/C29H42BClO2/c1-3-5-7-9-11-13-19-29(20-14-12-10-8-6-4-2)27-21-23(30(32)33)15-17-25(27)26-18-16-24(31)22-28(26)29/h15-18,21-22,32-33H,3-14,19-20H2,1-2H3. The fourth-order valence-corrected chi connectivity index (χ4v) is 5.90. The van der Waals surface area contributed by atoms with E-state index in [2.05, 4.69) is 38.1 Å². The molecule has 3 rings (SSSR count). The molecule has 0 saturated heterocycles. The number of rotatable bonds is 15. The van der Waals surface area contributed by atoms with E-state index in [4.69, 9.17) is 11.6 Å². The van der Waals surface area contributed by atoms with Crippen molar-refractivity contribution in [1.29, 1.82) is 0 Å². The molecule has 0 amide bonds. The molecule has 2 nitrogen and oxygen atoms in total. The van der Waals surface area contributed by atoms with Crippen LogP contribution >= 0.6 is 11.6 Å². The predicted octanol–water partition coefficient (Wildman–Crippen LogP) is 7.79. The van der Waals surface area contributed by atoms with E-state index in [0.29, 0.717) is 5.46 Å². The SMILES string of the molecule is CCCCCCCCC1(CCCCCCCC)c2cc(Cl)ccc2-c2ccc(B(O)O)cc21. The Hall–Kier alpha value is -1.29. The average Bonchev–Trinajstić information content (AvgIpc) is 3.07. The molecule has 0 aliphatic heterocycles. The molecule has 2 N–H and O–H groups in total. The third-order valence-corrected chi connectivity index (χ3v) is 7.79. The molecule has 4 heteroatoms. The molecule has 33 heavy (non-hydrogen) atoms. The van der Waals surface area contributed by atoms with Crippen molar-refractivity contribution in [1.82, 2.24) is 0 Å². The van der Waals surface area contributed by atoms with E-state index in [0.717, 1.165) is 17.9 Å². The molecule has 0 atom stereocenters. The summed E-state index contributed by atoms with van der Waals surface area (Å²) < 4.78 is 0. The topological polar surface area (TPSA) is 40.5 Å². The zero-order valence-corrected chi connectivity index (χ0v) is 21.5. The lowest BCUT2D eigenvalue weighted by Gasteiger charge is -2.33. The first-order chi connectivity index (χ1) is 16.0. The zero-order valence-electron chi connectivity index (χ0n) is 20.7. The van der Waals surface area contributed by atoms with Crippen molar-refractivity contribution < 1.29 is 10.0 Å². The van der Waals surface area contributed by atoms with Crippen molar-refractivity contribution in [3.63, 3.8) is 0 Å². The molecule has 0 bridgehead atoms. The first-order valence-corrected chi connectivity index (χ1v) is 13.7. The van der Waals surface area contributed by atoms with Crippen LogP contribution in [0.5, 0.6) is 0 Å². The van der Waals surface area contributed by atoms with Crippen molar-refractivity contribution in [2.75, 3.05) is 0 Å². The minimum Gasteiger partial charge on any atom is -0.423 e. The Balaban J connectivity index is 1.91. The highest BCUT2D eigenvalue weighted by Crippen LogP contribution is 2.54. The summed E-state index contributed by atoms with van der Waals surface area (Å²) >= 11 is 6.53. The minimum atomic E-state index is -1.44. The molecule has 0 radical (unpaired) electrons. The van der Waals surface area contributed by atoms with Crippen LogP contribution in [0.3, 0.4) is 0 Å². The smallest absolute Gasteiger partial charge is 0.423 e. The van der Waals surface area contributed by atoms with Gasteiger partial charge in [0, 0.05) is 10.4 Å². The average molecular weight is 469 g/mol. The molecular weight excluding hydrogens is 427 g/mol. The van der Waals surface area contributed by atoms with Gasteiger partial charge in [-0.2, -0.15) is 0 Å². The third kappa shape index (κ3) is 6.44. The number of fused-ring (bicyclic) bond motifs is 3. The van der Waals surface area contributed by atoms with Crippen molar-refractivity contribution >= 4 is 24.2 Å². The number of halogens is 1. The molecule has 0 aromatic heterocycles. The highest BCUT2D eigenvalue weighted by molar-refractivity contribution is 6.58. The Bertz CT molecular complexity index is 864. The molecule has 2 aromatic rings. The van der Waals surface area contributed by atoms with E-state index in [1.807, 2.05) is 12.1 Å². The van der Waals surface area contributed by atoms with Crippen LogP contribution in [-0.2, 0) is 5.41 Å². The van der Waals surface area contributed by atoms with Crippen molar-refractivity contribution in [3.05, 3.63) is 52.5 Å². The van der Waals surface area contributed by atoms with Gasteiger partial charge in [-0.15, -0.1) is 0 Å². The van der Waals surface area contributed by atoms with Gasteiger partial charge >= 0.3 is 7.12 Å². The van der Waals surface area contributed by atoms with Crippen LogP contribution in [0.25, 0.3) is 11.1 Å². The maximum atomic E-state index is 9.91. The second-order valence-electron chi connectivity index (χ2n) is 9.99. The Morgan fingerprint density at radius 3 is 1.70 bits per heavy atom. The van der Waals surface area contributed by atoms with E-state index in [-0.39, 0.29) is 5.41 Å². The summed E-state index contributed by atoms with van der Waals surface area (Å²) in [7, 11) is -1.44. The van der Waals surface area contributed by atoms with E-state index in [9.17, 15) is 10.0 Å². The summed E-state index contributed by atoms with van der Waals surface area (Å²) in [5, 5.41) is 20.6. The molecule has 180 valence electrons. The fourth-order valence-electron chi connectivity index (χ4n) is 5.72. The normalized spacial score (nSPS) is 13.7. The second-order valence-corrected chi connectivity index (χ2v) is 10.4. The molecule has 0 spiro atoms. The van der Waals surface area contributed by atoms with Gasteiger partial charge < -0.3 is 10.0 Å². The van der Waals surface area contributed by atoms with Crippen LogP contribution in [0.2, 0.25) is 5.02 Å². The summed E-state index contributed by atoms with van der Waals surface area (Å²) in [6.07, 6.45) is 17.5. The summed E-state index contributed by atoms with van der Waals surface area (Å²) in [6, 6.07) is 12.3. The first kappa shape index (κ1) is 26.3. The Kier molecular flexibility index (Phi) is 10.4. The fraction of sp³-hybridized carbons (Fsp3) is 0.586. The van der Waals surface area contributed by atoms with Gasteiger partial charge in [-0.1, -0.05) is 127 Å². The maximum absolute atomic E-state index is 9.91. The largest absolute Gasteiger partial charge is 0.488 e. The number of benzene rings is 2. The highest BCUT2D eigenvalue weighted by Gasteiger charge is 2.42. The minimum absolute atomic E-state index is 0.0873. The summed E-state index contributed by atoms with van der Waals surface area (Å²) in [5.74, 6) is 0. The molecule has 0 saturated carbocycles. The second kappa shape index (κ2) is 13.0. The maximum Gasteiger partial charge on any atom is 0.488 e. The highest BCUT2D eigenvalue weighted by atomic mass is 35.5. The van der Waals surface area contributed by atoms with Gasteiger partial charge in [-0.25, -0.2) is 0 Å². The lowest BCUT2D eigenvalue weighted by atomic mass is 9.68. The van der Waals surface area contributed by atoms with Crippen molar-refractivity contribution in [2.24, 2.45) is 0 Å². The van der Waals surface area contributed by atoms with Crippen LogP contribution < -0.4 is 5.46 Å². The van der Waals surface area contributed by atoms with E-state index in [1.54, 1.807) is 0 Å². The van der Waals surface area contributed by atoms with Crippen LogP contribution in [0.4, 0.5) is 0 Å². The van der Waals surface area contributed by atoms with Gasteiger partial charge in [0.05, 0.1) is 0 Å². The third-order valence-electron chi connectivity index (χ3n) is 7.56. The lowest BCUT2D eigenvalue weighted by molar-refractivity contribution is 0.397. The van der Waals surface area contributed by atoms with Gasteiger partial charge in [0.2, 0.25) is 0 Å². The zero-order chi connectivity index (χ0) is 23.7. The van der Waals surface area contributed by atoms with Crippen LogP contribution in [-0.4, -0.2) is 17.2 Å². The molecule has 0 heterocycles. The van der Waals surface area contributed by atoms with Gasteiger partial charge in [-0.05, 0) is 52.7 Å². The summed E-state index contributed by atoms with van der Waals surface area (Å²) in [5.41, 5.74) is 5.62. The molecule has 0 fully saturated rings. The predicted molar refractivity (Wildman–Crippen MR) is 143 cm³/mol. The van der Waals surface area contributed by atoms with Gasteiger partial charge in [0.1, 0.15) is 0 Å². The van der Waals surface area contributed by atoms with Crippen LogP contribution in [0.1, 0.15) is 115 Å². The Morgan fingerprint density at radius 2 is 1.15 bits per heavy atom. The molecule has 1 aliphatic rings. The van der Waals surface area contributed by atoms with E-state index in [1.165, 1.54) is 99.3 Å². The molecular formula is C29H42BClO2. The van der Waals surface area contributed by atoms with E-state index >= 15 is 0 Å². The monoisotopic (exact) mass is 468 g/mol. The van der Waals surface area contributed by atoms with Gasteiger partial charge in [-0.3, -0.25) is 0 Å². The van der Waals surface area contributed by atoms with Crippen molar-refractivity contribution in [2.45, 2.75) is 109 Å². The van der Waals surface area contributed by atoms with Crippen molar-refractivity contribution in [3.8, 4) is 11.1 Å². The number of unbranched alkanes of at least 4 members (excludes halogenated alkanes) is 10. The number of hydrogen-bond acceptors (Lipinski definition) is 2. The first-order valence-electron chi connectivity index (χ1n) is 13.3. The summed E-state index contributed by atoms with van der Waals surface area (Å²) in [4.78, 5) is 0. The van der Waals surface area contributed by atoms with Gasteiger partial charge in [0.25, 0.3) is 0 Å². The molecule has 1 aliphatic carbocycles. The quantitative estimate of drug-likeness (QED) is 0.207.